The first-order valence-corrected chi connectivity index (χ1v) is 8.61. The second kappa shape index (κ2) is 7.19. The van der Waals surface area contributed by atoms with Gasteiger partial charge in [-0.25, -0.2) is 13.8 Å². The van der Waals surface area contributed by atoms with E-state index in [1.54, 1.807) is 6.92 Å². The lowest BCUT2D eigenvalue weighted by atomic mass is 10.1. The largest absolute Gasteiger partial charge is 0.320 e. The minimum atomic E-state index is -0.801. The van der Waals surface area contributed by atoms with Crippen molar-refractivity contribution in [1.29, 1.82) is 0 Å². The van der Waals surface area contributed by atoms with E-state index in [0.29, 0.717) is 5.03 Å². The van der Waals surface area contributed by atoms with Crippen molar-refractivity contribution in [3.8, 4) is 0 Å². The minimum Gasteiger partial charge on any atom is -0.320 e. The molecule has 2 aromatic carbocycles. The topological polar surface area (TPSA) is 42.0 Å². The van der Waals surface area contributed by atoms with E-state index >= 15 is 0 Å². The highest BCUT2D eigenvalue weighted by atomic mass is 32.2. The number of pyridine rings is 1. The average molecular weight is 358 g/mol. The van der Waals surface area contributed by atoms with Crippen molar-refractivity contribution in [1.82, 2.24) is 4.98 Å². The summed E-state index contributed by atoms with van der Waals surface area (Å²) in [5.74, 6) is -2.09. The second-order valence-corrected chi connectivity index (χ2v) is 7.00. The third-order valence-electron chi connectivity index (χ3n) is 3.78. The number of hydrogen-bond acceptors (Lipinski definition) is 3. The number of aromatic nitrogens is 1. The van der Waals surface area contributed by atoms with Gasteiger partial charge in [0.15, 0.2) is 0 Å². The number of rotatable bonds is 4. The fourth-order valence-electron chi connectivity index (χ4n) is 2.46. The number of anilines is 1. The molecular weight excluding hydrogens is 342 g/mol. The summed E-state index contributed by atoms with van der Waals surface area (Å²) < 4.78 is 27.3. The van der Waals surface area contributed by atoms with Crippen LogP contribution in [0.15, 0.2) is 53.6 Å². The monoisotopic (exact) mass is 358 g/mol. The fourth-order valence-corrected chi connectivity index (χ4v) is 3.38. The summed E-state index contributed by atoms with van der Waals surface area (Å²) in [7, 11) is 0. The number of nitrogens with zero attached hydrogens (tertiary/aromatic N) is 1. The molecule has 0 aliphatic heterocycles. The van der Waals surface area contributed by atoms with E-state index in [1.807, 2.05) is 37.3 Å². The molecule has 0 saturated carbocycles. The van der Waals surface area contributed by atoms with Crippen molar-refractivity contribution in [2.24, 2.45) is 0 Å². The van der Waals surface area contributed by atoms with Gasteiger partial charge in [0.1, 0.15) is 17.3 Å². The van der Waals surface area contributed by atoms with E-state index in [2.05, 4.69) is 10.3 Å². The van der Waals surface area contributed by atoms with E-state index in [4.69, 9.17) is 0 Å². The van der Waals surface area contributed by atoms with Crippen LogP contribution in [-0.2, 0) is 4.79 Å². The Balaban J connectivity index is 1.78. The minimum absolute atomic E-state index is 0.428. The van der Waals surface area contributed by atoms with Crippen LogP contribution < -0.4 is 5.32 Å². The molecule has 0 saturated heterocycles. The standard InChI is InChI=1S/C19H16F2N2OS/c1-11-10-17(22-16-9-4-3-6-13(11)16)25-12(2)19(24)23-18-14(20)7-5-8-15(18)21/h3-10,12H,1-2H3,(H,23,24). The molecule has 0 radical (unpaired) electrons. The normalized spacial score (nSPS) is 12.2. The maximum Gasteiger partial charge on any atom is 0.237 e. The van der Waals surface area contributed by atoms with Crippen molar-refractivity contribution in [2.75, 3.05) is 5.32 Å². The predicted octanol–water partition coefficient (Wildman–Crippen LogP) is 4.94. The van der Waals surface area contributed by atoms with E-state index in [0.717, 1.165) is 28.6 Å². The van der Waals surface area contributed by atoms with Gasteiger partial charge in [0.05, 0.1) is 15.8 Å². The van der Waals surface area contributed by atoms with Crippen LogP contribution >= 0.6 is 11.8 Å². The molecule has 0 spiro atoms. The number of hydrogen-bond donors (Lipinski definition) is 1. The van der Waals surface area contributed by atoms with Gasteiger partial charge in [0.2, 0.25) is 5.91 Å². The molecule has 1 aromatic heterocycles. The van der Waals surface area contributed by atoms with Crippen LogP contribution in [0, 0.1) is 18.6 Å². The Bertz CT molecular complexity index is 926. The third-order valence-corrected chi connectivity index (χ3v) is 4.80. The summed E-state index contributed by atoms with van der Waals surface area (Å²) >= 11 is 1.24. The molecule has 25 heavy (non-hydrogen) atoms. The molecule has 0 aliphatic rings. The number of benzene rings is 2. The van der Waals surface area contributed by atoms with E-state index in [-0.39, 0.29) is 0 Å². The van der Waals surface area contributed by atoms with Gasteiger partial charge in [-0.2, -0.15) is 0 Å². The maximum atomic E-state index is 13.7. The van der Waals surface area contributed by atoms with Crippen LogP contribution in [-0.4, -0.2) is 16.1 Å². The summed E-state index contributed by atoms with van der Waals surface area (Å²) in [4.78, 5) is 16.8. The van der Waals surface area contributed by atoms with Crippen molar-refractivity contribution < 1.29 is 13.6 Å². The van der Waals surface area contributed by atoms with Gasteiger partial charge in [-0.05, 0) is 43.7 Å². The molecule has 1 atom stereocenters. The molecule has 0 aliphatic carbocycles. The molecule has 1 amide bonds. The summed E-state index contributed by atoms with van der Waals surface area (Å²) in [6.07, 6.45) is 0. The highest BCUT2D eigenvalue weighted by Gasteiger charge is 2.19. The number of aryl methyl sites for hydroxylation is 1. The van der Waals surface area contributed by atoms with Crippen LogP contribution in [0.5, 0.6) is 0 Å². The molecule has 0 fully saturated rings. The van der Waals surface area contributed by atoms with Gasteiger partial charge in [-0.15, -0.1) is 0 Å². The highest BCUT2D eigenvalue weighted by Crippen LogP contribution is 2.27. The summed E-state index contributed by atoms with van der Waals surface area (Å²) in [6.45, 7) is 3.65. The Morgan fingerprint density at radius 2 is 1.80 bits per heavy atom. The Labute approximate surface area is 148 Å². The fraction of sp³-hybridized carbons (Fsp3) is 0.158. The van der Waals surface area contributed by atoms with Gasteiger partial charge in [-0.3, -0.25) is 4.79 Å². The number of carbonyl (C=O) groups excluding carboxylic acids is 1. The van der Waals surface area contributed by atoms with Crippen LogP contribution in [0.2, 0.25) is 0 Å². The average Bonchev–Trinajstić information content (AvgIpc) is 2.58. The smallest absolute Gasteiger partial charge is 0.237 e. The first-order chi connectivity index (χ1) is 12.0. The lowest BCUT2D eigenvalue weighted by molar-refractivity contribution is -0.115. The van der Waals surface area contributed by atoms with Crippen LogP contribution in [0.1, 0.15) is 12.5 Å². The van der Waals surface area contributed by atoms with Gasteiger partial charge in [0.25, 0.3) is 0 Å². The van der Waals surface area contributed by atoms with E-state index in [9.17, 15) is 13.6 Å². The number of nitrogens with one attached hydrogen (secondary N) is 1. The molecule has 3 rings (SSSR count). The van der Waals surface area contributed by atoms with Gasteiger partial charge < -0.3 is 5.32 Å². The number of thioether (sulfide) groups is 1. The zero-order chi connectivity index (χ0) is 18.0. The molecule has 6 heteroatoms. The zero-order valence-electron chi connectivity index (χ0n) is 13.7. The quantitative estimate of drug-likeness (QED) is 0.672. The lowest BCUT2D eigenvalue weighted by Crippen LogP contribution is -2.23. The lowest BCUT2D eigenvalue weighted by Gasteiger charge is -2.13. The van der Waals surface area contributed by atoms with Crippen molar-refractivity contribution in [3.63, 3.8) is 0 Å². The molecule has 1 unspecified atom stereocenters. The van der Waals surface area contributed by atoms with Crippen molar-refractivity contribution in [3.05, 3.63) is 65.7 Å². The number of carbonyl (C=O) groups is 1. The van der Waals surface area contributed by atoms with Crippen LogP contribution in [0.4, 0.5) is 14.5 Å². The molecular formula is C19H16F2N2OS. The van der Waals surface area contributed by atoms with Crippen LogP contribution in [0.25, 0.3) is 10.9 Å². The molecule has 3 aromatic rings. The molecule has 0 bridgehead atoms. The molecule has 1 heterocycles. The Morgan fingerprint density at radius 1 is 1.12 bits per heavy atom. The second-order valence-electron chi connectivity index (χ2n) is 5.64. The number of halogens is 2. The SMILES string of the molecule is Cc1cc(SC(C)C(=O)Nc2c(F)cccc2F)nc2ccccc12. The van der Waals surface area contributed by atoms with Crippen molar-refractivity contribution >= 4 is 34.3 Å². The van der Waals surface area contributed by atoms with Gasteiger partial charge >= 0.3 is 0 Å². The van der Waals surface area contributed by atoms with E-state index < -0.39 is 28.5 Å². The first-order valence-electron chi connectivity index (χ1n) is 7.73. The Morgan fingerprint density at radius 3 is 2.52 bits per heavy atom. The van der Waals surface area contributed by atoms with Gasteiger partial charge in [0, 0.05) is 5.39 Å². The van der Waals surface area contributed by atoms with E-state index in [1.165, 1.54) is 17.8 Å². The molecule has 3 nitrogen and oxygen atoms in total. The first kappa shape index (κ1) is 17.4. The van der Waals surface area contributed by atoms with Gasteiger partial charge in [-0.1, -0.05) is 36.0 Å². The third kappa shape index (κ3) is 3.79. The number of amides is 1. The summed E-state index contributed by atoms with van der Waals surface area (Å²) in [5, 5.41) is 3.49. The highest BCUT2D eigenvalue weighted by molar-refractivity contribution is 8.00. The Hall–Kier alpha value is -2.47. The van der Waals surface area contributed by atoms with Crippen LogP contribution in [0.3, 0.4) is 0 Å². The number of fused-ring (bicyclic) bond motifs is 1. The number of para-hydroxylation sites is 2. The summed E-state index contributed by atoms with van der Waals surface area (Å²) in [5.41, 5.74) is 1.47. The molecule has 128 valence electrons. The van der Waals surface area contributed by atoms with Crippen molar-refractivity contribution in [2.45, 2.75) is 24.1 Å². The maximum absolute atomic E-state index is 13.7. The summed E-state index contributed by atoms with van der Waals surface area (Å²) in [6, 6.07) is 13.1. The zero-order valence-corrected chi connectivity index (χ0v) is 14.5. The predicted molar refractivity (Wildman–Crippen MR) is 96.8 cm³/mol. The Kier molecular flexibility index (Phi) is 4.99. The molecule has 1 N–H and O–H groups in total.